The SMILES string of the molecule is CN(CCCOc1ccccc1)CC(=O)Nc1ccc(Cl)c(S(=O)(=O)N(C)C)c1. The van der Waals surface area contributed by atoms with E-state index in [1.807, 2.05) is 42.3 Å². The van der Waals surface area contributed by atoms with Crippen LogP contribution in [0.25, 0.3) is 0 Å². The second kappa shape index (κ2) is 10.6. The minimum Gasteiger partial charge on any atom is -0.494 e. The van der Waals surface area contributed by atoms with Crippen molar-refractivity contribution in [1.82, 2.24) is 9.21 Å². The van der Waals surface area contributed by atoms with Crippen molar-refractivity contribution < 1.29 is 17.9 Å². The van der Waals surface area contributed by atoms with Gasteiger partial charge in [-0.1, -0.05) is 29.8 Å². The first-order valence-corrected chi connectivity index (χ1v) is 10.9. The van der Waals surface area contributed by atoms with Gasteiger partial charge in [-0.3, -0.25) is 9.69 Å². The second-order valence-corrected chi connectivity index (χ2v) is 9.26. The fourth-order valence-electron chi connectivity index (χ4n) is 2.54. The number of rotatable bonds is 10. The van der Waals surface area contributed by atoms with Crippen LogP contribution in [0, 0.1) is 0 Å². The summed E-state index contributed by atoms with van der Waals surface area (Å²) >= 11 is 6.02. The molecule has 1 amide bonds. The largest absolute Gasteiger partial charge is 0.494 e. The summed E-state index contributed by atoms with van der Waals surface area (Å²) < 4.78 is 31.4. The number of benzene rings is 2. The second-order valence-electron chi connectivity index (χ2n) is 6.73. The van der Waals surface area contributed by atoms with Gasteiger partial charge in [-0.05, 0) is 43.8 Å². The Bertz CT molecular complexity index is 921. The molecule has 29 heavy (non-hydrogen) atoms. The number of nitrogens with one attached hydrogen (secondary N) is 1. The molecule has 0 atom stereocenters. The molecule has 0 fully saturated rings. The maximum atomic E-state index is 12.3. The average molecular weight is 440 g/mol. The molecule has 0 saturated carbocycles. The summed E-state index contributed by atoms with van der Waals surface area (Å²) in [6.07, 6.45) is 0.769. The number of sulfonamides is 1. The lowest BCUT2D eigenvalue weighted by atomic mass is 10.3. The molecule has 0 heterocycles. The normalized spacial score (nSPS) is 11.7. The summed E-state index contributed by atoms with van der Waals surface area (Å²) in [5.41, 5.74) is 0.376. The molecule has 158 valence electrons. The zero-order valence-corrected chi connectivity index (χ0v) is 18.3. The highest BCUT2D eigenvalue weighted by molar-refractivity contribution is 7.89. The van der Waals surface area contributed by atoms with Crippen molar-refractivity contribution in [2.75, 3.05) is 46.2 Å². The number of amides is 1. The van der Waals surface area contributed by atoms with Crippen LogP contribution in [0.15, 0.2) is 53.4 Å². The van der Waals surface area contributed by atoms with E-state index in [-0.39, 0.29) is 22.4 Å². The average Bonchev–Trinajstić information content (AvgIpc) is 2.67. The molecule has 0 aliphatic rings. The lowest BCUT2D eigenvalue weighted by Crippen LogP contribution is -2.31. The molecule has 0 aliphatic carbocycles. The maximum Gasteiger partial charge on any atom is 0.244 e. The van der Waals surface area contributed by atoms with E-state index in [9.17, 15) is 13.2 Å². The van der Waals surface area contributed by atoms with Crippen LogP contribution in [0.3, 0.4) is 0 Å². The quantitative estimate of drug-likeness (QED) is 0.576. The summed E-state index contributed by atoms with van der Waals surface area (Å²) in [6, 6.07) is 13.9. The zero-order valence-electron chi connectivity index (χ0n) is 16.8. The van der Waals surface area contributed by atoms with Crippen molar-refractivity contribution in [1.29, 1.82) is 0 Å². The first-order chi connectivity index (χ1) is 13.7. The standard InChI is InChI=1S/C20H26ClN3O4S/c1-23(2)29(26,27)19-14-16(10-11-18(19)21)22-20(25)15-24(3)12-7-13-28-17-8-5-4-6-9-17/h4-6,8-11,14H,7,12-13,15H2,1-3H3,(H,22,25). The minimum atomic E-state index is -3.70. The molecule has 2 aromatic carbocycles. The summed E-state index contributed by atoms with van der Waals surface area (Å²) in [4.78, 5) is 14.1. The molecule has 0 spiro atoms. The van der Waals surface area contributed by atoms with Crippen molar-refractivity contribution >= 4 is 33.2 Å². The van der Waals surface area contributed by atoms with Crippen LogP contribution in [-0.2, 0) is 14.8 Å². The molecular weight excluding hydrogens is 414 g/mol. The third-order valence-electron chi connectivity index (χ3n) is 4.08. The van der Waals surface area contributed by atoms with Crippen LogP contribution in [0.2, 0.25) is 5.02 Å². The number of ether oxygens (including phenoxy) is 1. The van der Waals surface area contributed by atoms with E-state index in [0.29, 0.717) is 18.8 Å². The Kier molecular flexibility index (Phi) is 8.45. The summed E-state index contributed by atoms with van der Waals surface area (Å²) in [6.45, 7) is 1.41. The number of likely N-dealkylation sites (N-methyl/N-ethyl adjacent to an activating group) is 1. The fraction of sp³-hybridized carbons (Fsp3) is 0.350. The number of hydrogen-bond acceptors (Lipinski definition) is 5. The molecule has 0 unspecified atom stereocenters. The monoisotopic (exact) mass is 439 g/mol. The first-order valence-electron chi connectivity index (χ1n) is 9.08. The van der Waals surface area contributed by atoms with Crippen LogP contribution < -0.4 is 10.1 Å². The Hall–Kier alpha value is -2.13. The molecule has 2 rings (SSSR count). The highest BCUT2D eigenvalue weighted by atomic mass is 35.5. The molecule has 9 heteroatoms. The molecule has 0 aliphatic heterocycles. The van der Waals surface area contributed by atoms with Gasteiger partial charge >= 0.3 is 0 Å². The van der Waals surface area contributed by atoms with Gasteiger partial charge in [-0.15, -0.1) is 0 Å². The van der Waals surface area contributed by atoms with E-state index >= 15 is 0 Å². The maximum absolute atomic E-state index is 12.3. The molecule has 0 aromatic heterocycles. The Balaban J connectivity index is 1.84. The number of para-hydroxylation sites is 1. The van der Waals surface area contributed by atoms with Gasteiger partial charge < -0.3 is 10.1 Å². The lowest BCUT2D eigenvalue weighted by Gasteiger charge is -2.17. The van der Waals surface area contributed by atoms with Gasteiger partial charge in [0.05, 0.1) is 18.2 Å². The molecule has 1 N–H and O–H groups in total. The van der Waals surface area contributed by atoms with E-state index in [1.165, 1.54) is 26.2 Å². The van der Waals surface area contributed by atoms with Crippen LogP contribution in [0.5, 0.6) is 5.75 Å². The smallest absolute Gasteiger partial charge is 0.244 e. The number of halogens is 1. The Morgan fingerprint density at radius 1 is 1.10 bits per heavy atom. The number of anilines is 1. The van der Waals surface area contributed by atoms with E-state index in [1.54, 1.807) is 6.07 Å². The van der Waals surface area contributed by atoms with Gasteiger partial charge in [0.1, 0.15) is 10.6 Å². The highest BCUT2D eigenvalue weighted by Gasteiger charge is 2.21. The van der Waals surface area contributed by atoms with Crippen molar-refractivity contribution in [3.63, 3.8) is 0 Å². The number of carbonyl (C=O) groups is 1. The van der Waals surface area contributed by atoms with Gasteiger partial charge in [-0.25, -0.2) is 12.7 Å². The van der Waals surface area contributed by atoms with Gasteiger partial charge in [0.15, 0.2) is 0 Å². The van der Waals surface area contributed by atoms with Crippen molar-refractivity contribution in [3.8, 4) is 5.75 Å². The van der Waals surface area contributed by atoms with E-state index in [2.05, 4.69) is 5.32 Å². The Morgan fingerprint density at radius 3 is 2.45 bits per heavy atom. The third kappa shape index (κ3) is 7.01. The number of nitrogens with zero attached hydrogens (tertiary/aromatic N) is 2. The summed E-state index contributed by atoms with van der Waals surface area (Å²) in [7, 11) is 0.986. The molecule has 0 radical (unpaired) electrons. The predicted molar refractivity (Wildman–Crippen MR) is 115 cm³/mol. The number of hydrogen-bond donors (Lipinski definition) is 1. The molecular formula is C20H26ClN3O4S. The highest BCUT2D eigenvalue weighted by Crippen LogP contribution is 2.26. The Morgan fingerprint density at radius 2 is 1.79 bits per heavy atom. The van der Waals surface area contributed by atoms with Crippen LogP contribution >= 0.6 is 11.6 Å². The van der Waals surface area contributed by atoms with Crippen molar-refractivity contribution in [2.45, 2.75) is 11.3 Å². The number of carbonyl (C=O) groups excluding carboxylic acids is 1. The van der Waals surface area contributed by atoms with Gasteiger partial charge in [0.25, 0.3) is 0 Å². The van der Waals surface area contributed by atoms with Crippen molar-refractivity contribution in [2.24, 2.45) is 0 Å². The van der Waals surface area contributed by atoms with Crippen molar-refractivity contribution in [3.05, 3.63) is 53.6 Å². The summed E-state index contributed by atoms with van der Waals surface area (Å²) in [5, 5.41) is 2.82. The summed E-state index contributed by atoms with van der Waals surface area (Å²) in [5.74, 6) is 0.575. The van der Waals surface area contributed by atoms with Gasteiger partial charge in [0.2, 0.25) is 15.9 Å². The van der Waals surface area contributed by atoms with E-state index in [0.717, 1.165) is 16.5 Å². The molecule has 0 saturated heterocycles. The molecule has 0 bridgehead atoms. The van der Waals surface area contributed by atoms with Crippen LogP contribution in [-0.4, -0.2) is 64.4 Å². The molecule has 2 aromatic rings. The third-order valence-corrected chi connectivity index (χ3v) is 6.38. The van der Waals surface area contributed by atoms with Gasteiger partial charge in [0, 0.05) is 26.3 Å². The van der Waals surface area contributed by atoms with Gasteiger partial charge in [-0.2, -0.15) is 0 Å². The zero-order chi connectivity index (χ0) is 21.4. The Labute approximate surface area is 177 Å². The lowest BCUT2D eigenvalue weighted by molar-refractivity contribution is -0.117. The van der Waals surface area contributed by atoms with Crippen LogP contribution in [0.4, 0.5) is 5.69 Å². The molecule has 7 nitrogen and oxygen atoms in total. The first kappa shape index (κ1) is 23.2. The van der Waals surface area contributed by atoms with Crippen LogP contribution in [0.1, 0.15) is 6.42 Å². The van der Waals surface area contributed by atoms with E-state index in [4.69, 9.17) is 16.3 Å². The minimum absolute atomic E-state index is 0.0478. The fourth-order valence-corrected chi connectivity index (χ4v) is 3.94. The predicted octanol–water partition coefficient (Wildman–Crippen LogP) is 2.93. The topological polar surface area (TPSA) is 79.0 Å². The van der Waals surface area contributed by atoms with E-state index < -0.39 is 10.0 Å².